The van der Waals surface area contributed by atoms with Gasteiger partial charge in [0.05, 0.1) is 5.69 Å². The second-order valence-electron chi connectivity index (χ2n) is 4.88. The summed E-state index contributed by atoms with van der Waals surface area (Å²) in [5.74, 6) is 0.842. The molecule has 3 heteroatoms. The zero-order chi connectivity index (χ0) is 11.6. The van der Waals surface area contributed by atoms with Crippen LogP contribution in [-0.4, -0.2) is 12.1 Å². The molecule has 2 rings (SSSR count). The third-order valence-corrected chi connectivity index (χ3v) is 4.85. The van der Waals surface area contributed by atoms with Crippen molar-refractivity contribution in [1.29, 1.82) is 0 Å². The van der Waals surface area contributed by atoms with E-state index >= 15 is 0 Å². The molecule has 0 saturated heterocycles. The number of rotatable bonds is 3. The number of hydrogen-bond acceptors (Lipinski definition) is 3. The summed E-state index contributed by atoms with van der Waals surface area (Å²) in [7, 11) is 1.84. The van der Waals surface area contributed by atoms with E-state index in [1.54, 1.807) is 11.3 Å². The van der Waals surface area contributed by atoms with Gasteiger partial charge in [0, 0.05) is 12.5 Å². The van der Waals surface area contributed by atoms with Crippen molar-refractivity contribution in [3.05, 3.63) is 16.1 Å². The minimum absolute atomic E-state index is 0.0788. The Labute approximate surface area is 102 Å². The predicted octanol–water partition coefficient (Wildman–Crippen LogP) is 3.76. The fourth-order valence-corrected chi connectivity index (χ4v) is 3.55. The minimum atomic E-state index is -0.0788. The maximum Gasteiger partial charge on any atom is 0.125 e. The molecule has 0 amide bonds. The smallest absolute Gasteiger partial charge is 0.125 e. The molecular formula is C13H21NOS. The summed E-state index contributed by atoms with van der Waals surface area (Å²) >= 11 is 1.77. The topological polar surface area (TPSA) is 22.1 Å². The summed E-state index contributed by atoms with van der Waals surface area (Å²) in [6.07, 6.45) is 5.79. The molecule has 1 saturated carbocycles. The van der Waals surface area contributed by atoms with Crippen molar-refractivity contribution in [2.75, 3.05) is 7.11 Å². The van der Waals surface area contributed by atoms with Crippen molar-refractivity contribution in [2.24, 2.45) is 5.92 Å². The predicted molar refractivity (Wildman–Crippen MR) is 67.8 cm³/mol. The van der Waals surface area contributed by atoms with Crippen LogP contribution < -0.4 is 0 Å². The molecule has 0 atom stereocenters. The Morgan fingerprint density at radius 3 is 2.69 bits per heavy atom. The standard InChI is InChI=1S/C13H21NOS/c1-4-11-9-16-12(14-11)13(15-3)7-5-10(2)6-8-13/h9-10H,4-8H2,1-3H3. The lowest BCUT2D eigenvalue weighted by Gasteiger charge is -2.36. The van der Waals surface area contributed by atoms with Crippen LogP contribution in [0.5, 0.6) is 0 Å². The first-order valence-electron chi connectivity index (χ1n) is 6.20. The van der Waals surface area contributed by atoms with Crippen LogP contribution in [0.2, 0.25) is 0 Å². The van der Waals surface area contributed by atoms with E-state index in [1.165, 1.54) is 23.5 Å². The van der Waals surface area contributed by atoms with Gasteiger partial charge >= 0.3 is 0 Å². The Hall–Kier alpha value is -0.410. The van der Waals surface area contributed by atoms with Crippen LogP contribution in [0.3, 0.4) is 0 Å². The number of aryl methyl sites for hydroxylation is 1. The second-order valence-corrected chi connectivity index (χ2v) is 5.74. The monoisotopic (exact) mass is 239 g/mol. The Balaban J connectivity index is 2.20. The van der Waals surface area contributed by atoms with Crippen molar-refractivity contribution in [3.63, 3.8) is 0 Å². The van der Waals surface area contributed by atoms with Crippen molar-refractivity contribution in [2.45, 2.75) is 51.6 Å². The number of nitrogens with zero attached hydrogens (tertiary/aromatic N) is 1. The summed E-state index contributed by atoms with van der Waals surface area (Å²) in [5.41, 5.74) is 1.12. The molecule has 0 N–H and O–H groups in total. The largest absolute Gasteiger partial charge is 0.371 e. The van der Waals surface area contributed by atoms with E-state index in [2.05, 4.69) is 19.2 Å². The van der Waals surface area contributed by atoms with E-state index in [9.17, 15) is 0 Å². The van der Waals surface area contributed by atoms with Crippen molar-refractivity contribution in [3.8, 4) is 0 Å². The normalized spacial score (nSPS) is 30.6. The highest BCUT2D eigenvalue weighted by atomic mass is 32.1. The first kappa shape index (κ1) is 12.1. The third kappa shape index (κ3) is 2.16. The summed E-state index contributed by atoms with van der Waals surface area (Å²) in [4.78, 5) is 4.71. The first-order chi connectivity index (χ1) is 7.70. The van der Waals surface area contributed by atoms with Gasteiger partial charge in [0.2, 0.25) is 0 Å². The molecule has 0 spiro atoms. The van der Waals surface area contributed by atoms with Crippen LogP contribution in [0.15, 0.2) is 5.38 Å². The molecule has 1 aromatic rings. The lowest BCUT2D eigenvalue weighted by Crippen LogP contribution is -2.33. The number of aromatic nitrogens is 1. The quantitative estimate of drug-likeness (QED) is 0.801. The number of thiazole rings is 1. The fourth-order valence-electron chi connectivity index (χ4n) is 2.41. The number of methoxy groups -OCH3 is 1. The molecule has 0 bridgehead atoms. The Morgan fingerprint density at radius 1 is 1.50 bits per heavy atom. The Morgan fingerprint density at radius 2 is 2.19 bits per heavy atom. The molecule has 1 fully saturated rings. The highest BCUT2D eigenvalue weighted by molar-refractivity contribution is 7.09. The molecule has 1 aromatic heterocycles. The fraction of sp³-hybridized carbons (Fsp3) is 0.769. The molecule has 0 aromatic carbocycles. The average molecular weight is 239 g/mol. The van der Waals surface area contributed by atoms with E-state index in [-0.39, 0.29) is 5.60 Å². The second kappa shape index (κ2) is 4.84. The maximum absolute atomic E-state index is 5.82. The minimum Gasteiger partial charge on any atom is -0.371 e. The lowest BCUT2D eigenvalue weighted by atomic mass is 9.80. The van der Waals surface area contributed by atoms with Crippen LogP contribution in [0.4, 0.5) is 0 Å². The Bertz CT molecular complexity index is 339. The number of hydrogen-bond donors (Lipinski definition) is 0. The van der Waals surface area contributed by atoms with E-state index in [0.29, 0.717) is 0 Å². The highest BCUT2D eigenvalue weighted by Gasteiger charge is 2.38. The van der Waals surface area contributed by atoms with Crippen molar-refractivity contribution in [1.82, 2.24) is 4.98 Å². The molecule has 16 heavy (non-hydrogen) atoms. The molecule has 1 heterocycles. The van der Waals surface area contributed by atoms with Gasteiger partial charge in [-0.3, -0.25) is 0 Å². The van der Waals surface area contributed by atoms with E-state index in [4.69, 9.17) is 9.72 Å². The Kier molecular flexibility index (Phi) is 3.65. The van der Waals surface area contributed by atoms with E-state index < -0.39 is 0 Å². The van der Waals surface area contributed by atoms with Gasteiger partial charge in [0.15, 0.2) is 0 Å². The molecule has 0 unspecified atom stereocenters. The molecule has 1 aliphatic rings. The van der Waals surface area contributed by atoms with Gasteiger partial charge in [-0.15, -0.1) is 11.3 Å². The van der Waals surface area contributed by atoms with Crippen molar-refractivity contribution >= 4 is 11.3 Å². The zero-order valence-corrected chi connectivity index (χ0v) is 11.3. The van der Waals surface area contributed by atoms with Crippen LogP contribution >= 0.6 is 11.3 Å². The summed E-state index contributed by atoms with van der Waals surface area (Å²) in [6.45, 7) is 4.49. The van der Waals surface area contributed by atoms with Gasteiger partial charge in [-0.2, -0.15) is 0 Å². The summed E-state index contributed by atoms with van der Waals surface area (Å²) < 4.78 is 5.82. The number of ether oxygens (including phenoxy) is 1. The summed E-state index contributed by atoms with van der Waals surface area (Å²) in [6, 6.07) is 0. The average Bonchev–Trinajstić information content (AvgIpc) is 2.80. The molecular weight excluding hydrogens is 218 g/mol. The van der Waals surface area contributed by atoms with Gasteiger partial charge in [-0.25, -0.2) is 4.98 Å². The van der Waals surface area contributed by atoms with E-state index in [1.807, 2.05) is 7.11 Å². The van der Waals surface area contributed by atoms with Gasteiger partial charge in [0.1, 0.15) is 10.6 Å². The molecule has 0 radical (unpaired) electrons. The molecule has 1 aliphatic carbocycles. The van der Waals surface area contributed by atoms with Gasteiger partial charge < -0.3 is 4.74 Å². The van der Waals surface area contributed by atoms with E-state index in [0.717, 1.165) is 25.2 Å². The van der Waals surface area contributed by atoms with Gasteiger partial charge in [0.25, 0.3) is 0 Å². The molecule has 90 valence electrons. The molecule has 0 aliphatic heterocycles. The van der Waals surface area contributed by atoms with Gasteiger partial charge in [-0.1, -0.05) is 13.8 Å². The first-order valence-corrected chi connectivity index (χ1v) is 7.08. The lowest BCUT2D eigenvalue weighted by molar-refractivity contribution is -0.0531. The third-order valence-electron chi connectivity index (χ3n) is 3.78. The van der Waals surface area contributed by atoms with Crippen LogP contribution in [-0.2, 0) is 16.8 Å². The van der Waals surface area contributed by atoms with Crippen molar-refractivity contribution < 1.29 is 4.74 Å². The highest BCUT2D eigenvalue weighted by Crippen LogP contribution is 2.43. The summed E-state index contributed by atoms with van der Waals surface area (Å²) in [5, 5.41) is 3.37. The van der Waals surface area contributed by atoms with Crippen LogP contribution in [0.1, 0.15) is 50.2 Å². The molecule has 2 nitrogen and oxygen atoms in total. The van der Waals surface area contributed by atoms with Crippen LogP contribution in [0, 0.1) is 5.92 Å². The van der Waals surface area contributed by atoms with Crippen LogP contribution in [0.25, 0.3) is 0 Å². The maximum atomic E-state index is 5.82. The zero-order valence-electron chi connectivity index (χ0n) is 10.5. The SMILES string of the molecule is CCc1csc(C2(OC)CCC(C)CC2)n1. The van der Waals surface area contributed by atoms with Gasteiger partial charge in [-0.05, 0) is 38.0 Å².